The number of hydrogen-bond acceptors (Lipinski definition) is 4. The molecule has 3 nitrogen and oxygen atoms in total. The van der Waals surface area contributed by atoms with Crippen molar-refractivity contribution in [3.8, 4) is 0 Å². The fourth-order valence-electron chi connectivity index (χ4n) is 2.03. The molecule has 5 heteroatoms. The molecule has 0 aromatic carbocycles. The Labute approximate surface area is 118 Å². The van der Waals surface area contributed by atoms with Crippen LogP contribution in [0.5, 0.6) is 0 Å². The van der Waals surface area contributed by atoms with Crippen molar-refractivity contribution in [2.45, 2.75) is 25.0 Å². The Balaban J connectivity index is 2.16. The second kappa shape index (κ2) is 5.45. The van der Waals surface area contributed by atoms with E-state index in [0.717, 1.165) is 18.8 Å². The van der Waals surface area contributed by atoms with Crippen LogP contribution in [-0.4, -0.2) is 33.6 Å². The van der Waals surface area contributed by atoms with E-state index in [2.05, 4.69) is 23.7 Å². The van der Waals surface area contributed by atoms with Gasteiger partial charge >= 0.3 is 0 Å². The van der Waals surface area contributed by atoms with Crippen molar-refractivity contribution in [2.75, 3.05) is 23.7 Å². The summed E-state index contributed by atoms with van der Waals surface area (Å²) in [5.41, 5.74) is 7.51. The summed E-state index contributed by atoms with van der Waals surface area (Å²) in [5.74, 6) is 1.15. The molecule has 2 heterocycles. The van der Waals surface area contributed by atoms with Gasteiger partial charge in [0.2, 0.25) is 0 Å². The van der Waals surface area contributed by atoms with Gasteiger partial charge < -0.3 is 10.6 Å². The number of thioether (sulfide) groups is 1. The van der Waals surface area contributed by atoms with Gasteiger partial charge in [0.25, 0.3) is 0 Å². The molecule has 0 atom stereocenters. The van der Waals surface area contributed by atoms with E-state index in [1.807, 2.05) is 23.9 Å². The van der Waals surface area contributed by atoms with Gasteiger partial charge in [-0.3, -0.25) is 4.98 Å². The van der Waals surface area contributed by atoms with Crippen molar-refractivity contribution in [1.82, 2.24) is 4.98 Å². The second-order valence-electron chi connectivity index (χ2n) is 5.11. The molecular formula is C13H19N3S2. The predicted octanol–water partition coefficient (Wildman–Crippen LogP) is 2.44. The van der Waals surface area contributed by atoms with E-state index in [4.69, 9.17) is 18.0 Å². The lowest BCUT2D eigenvalue weighted by molar-refractivity contribution is 0.637. The molecule has 1 aromatic heterocycles. The molecule has 0 amide bonds. The van der Waals surface area contributed by atoms with Crippen LogP contribution in [0.1, 0.15) is 26.0 Å². The van der Waals surface area contributed by atoms with Gasteiger partial charge in [-0.15, -0.1) is 0 Å². The number of anilines is 1. The van der Waals surface area contributed by atoms with Gasteiger partial charge in [-0.1, -0.05) is 26.1 Å². The van der Waals surface area contributed by atoms with Crippen molar-refractivity contribution in [1.29, 1.82) is 0 Å². The van der Waals surface area contributed by atoms with Crippen LogP contribution in [0.4, 0.5) is 5.69 Å². The Morgan fingerprint density at radius 2 is 2.28 bits per heavy atom. The molecule has 0 aliphatic carbocycles. The maximum atomic E-state index is 5.63. The summed E-state index contributed by atoms with van der Waals surface area (Å²) in [6.07, 6.45) is 2.97. The molecule has 0 radical (unpaired) electrons. The zero-order valence-electron chi connectivity index (χ0n) is 10.8. The lowest BCUT2D eigenvalue weighted by atomic mass is 10.1. The summed E-state index contributed by atoms with van der Waals surface area (Å²) >= 11 is 7.02. The summed E-state index contributed by atoms with van der Waals surface area (Å²) in [7, 11) is 0. The Morgan fingerprint density at radius 3 is 3.00 bits per heavy atom. The summed E-state index contributed by atoms with van der Waals surface area (Å²) in [6.45, 7) is 6.76. The third-order valence-electron chi connectivity index (χ3n) is 3.20. The van der Waals surface area contributed by atoms with Crippen LogP contribution in [0.25, 0.3) is 0 Å². The minimum absolute atomic E-state index is 0.362. The lowest BCUT2D eigenvalue weighted by Crippen LogP contribution is -2.27. The Kier molecular flexibility index (Phi) is 4.12. The fourth-order valence-corrected chi connectivity index (χ4v) is 3.24. The highest BCUT2D eigenvalue weighted by atomic mass is 32.2. The molecule has 98 valence electrons. The standard InChI is InChI=1S/C13H19N3S2/c1-13(2)4-6-16(7-8-18-13)10-3-5-15-11(9-10)12(14)17/h3,5,9H,4,6-8H2,1-2H3,(H2,14,17). The summed E-state index contributed by atoms with van der Waals surface area (Å²) < 4.78 is 0.369. The normalized spacial score (nSPS) is 19.3. The molecule has 0 unspecified atom stereocenters. The molecule has 18 heavy (non-hydrogen) atoms. The zero-order valence-corrected chi connectivity index (χ0v) is 12.5. The fraction of sp³-hybridized carbons (Fsp3) is 0.538. The maximum absolute atomic E-state index is 5.63. The van der Waals surface area contributed by atoms with E-state index in [1.54, 1.807) is 6.20 Å². The SMILES string of the molecule is CC1(C)CCN(c2ccnc(C(N)=S)c2)CCS1. The molecular weight excluding hydrogens is 262 g/mol. The summed E-state index contributed by atoms with van der Waals surface area (Å²) in [6, 6.07) is 4.02. The Hall–Kier alpha value is -0.810. The van der Waals surface area contributed by atoms with E-state index < -0.39 is 0 Å². The van der Waals surface area contributed by atoms with Gasteiger partial charge in [-0.05, 0) is 18.6 Å². The summed E-state index contributed by atoms with van der Waals surface area (Å²) in [4.78, 5) is 6.94. The van der Waals surface area contributed by atoms with E-state index in [9.17, 15) is 0 Å². The lowest BCUT2D eigenvalue weighted by Gasteiger charge is -2.24. The highest BCUT2D eigenvalue weighted by Crippen LogP contribution is 2.32. The number of hydrogen-bond donors (Lipinski definition) is 1. The van der Waals surface area contributed by atoms with E-state index in [1.165, 1.54) is 12.1 Å². The van der Waals surface area contributed by atoms with E-state index in [-0.39, 0.29) is 0 Å². The number of nitrogens with zero attached hydrogens (tertiary/aromatic N) is 2. The van der Waals surface area contributed by atoms with E-state index >= 15 is 0 Å². The quantitative estimate of drug-likeness (QED) is 0.843. The van der Waals surface area contributed by atoms with Crippen molar-refractivity contribution >= 4 is 34.7 Å². The molecule has 1 aromatic rings. The first-order valence-electron chi connectivity index (χ1n) is 6.13. The van der Waals surface area contributed by atoms with Gasteiger partial charge in [-0.25, -0.2) is 0 Å². The maximum Gasteiger partial charge on any atom is 0.122 e. The van der Waals surface area contributed by atoms with Gasteiger partial charge in [0, 0.05) is 35.5 Å². The minimum atomic E-state index is 0.362. The zero-order chi connectivity index (χ0) is 13.2. The first-order chi connectivity index (χ1) is 8.48. The smallest absolute Gasteiger partial charge is 0.122 e. The molecule has 1 aliphatic heterocycles. The molecule has 2 rings (SSSR count). The number of nitrogens with two attached hydrogens (primary N) is 1. The number of pyridine rings is 1. The predicted molar refractivity (Wildman–Crippen MR) is 83.5 cm³/mol. The van der Waals surface area contributed by atoms with Crippen LogP contribution >= 0.6 is 24.0 Å². The second-order valence-corrected chi connectivity index (χ2v) is 7.35. The van der Waals surface area contributed by atoms with Crippen molar-refractivity contribution in [2.24, 2.45) is 5.73 Å². The van der Waals surface area contributed by atoms with Gasteiger partial charge in [0.15, 0.2) is 0 Å². The van der Waals surface area contributed by atoms with Crippen molar-refractivity contribution in [3.63, 3.8) is 0 Å². The van der Waals surface area contributed by atoms with Gasteiger partial charge in [-0.2, -0.15) is 11.8 Å². The van der Waals surface area contributed by atoms with Crippen LogP contribution in [0.2, 0.25) is 0 Å². The van der Waals surface area contributed by atoms with Crippen molar-refractivity contribution < 1.29 is 0 Å². The molecule has 1 fully saturated rings. The average molecular weight is 281 g/mol. The van der Waals surface area contributed by atoms with Crippen LogP contribution < -0.4 is 10.6 Å². The Morgan fingerprint density at radius 1 is 1.50 bits per heavy atom. The Bertz CT molecular complexity index is 446. The van der Waals surface area contributed by atoms with Crippen LogP contribution in [0, 0.1) is 0 Å². The molecule has 0 spiro atoms. The molecule has 1 saturated heterocycles. The highest BCUT2D eigenvalue weighted by molar-refractivity contribution is 8.00. The number of rotatable bonds is 2. The van der Waals surface area contributed by atoms with E-state index in [0.29, 0.717) is 15.4 Å². The third kappa shape index (κ3) is 3.36. The number of thiocarbonyl (C=S) groups is 1. The molecule has 0 saturated carbocycles. The van der Waals surface area contributed by atoms with Gasteiger partial charge in [0.1, 0.15) is 4.99 Å². The number of aromatic nitrogens is 1. The van der Waals surface area contributed by atoms with Crippen molar-refractivity contribution in [3.05, 3.63) is 24.0 Å². The molecule has 2 N–H and O–H groups in total. The monoisotopic (exact) mass is 281 g/mol. The van der Waals surface area contributed by atoms with Gasteiger partial charge in [0.05, 0.1) is 5.69 Å². The van der Waals surface area contributed by atoms with Crippen LogP contribution in [-0.2, 0) is 0 Å². The topological polar surface area (TPSA) is 42.2 Å². The molecule has 1 aliphatic rings. The third-order valence-corrected chi connectivity index (χ3v) is 4.78. The first kappa shape index (κ1) is 13.6. The molecule has 0 bridgehead atoms. The average Bonchev–Trinajstić information content (AvgIpc) is 2.50. The summed E-state index contributed by atoms with van der Waals surface area (Å²) in [5, 5.41) is 0. The minimum Gasteiger partial charge on any atom is -0.388 e. The van der Waals surface area contributed by atoms with Crippen LogP contribution in [0.15, 0.2) is 18.3 Å². The highest BCUT2D eigenvalue weighted by Gasteiger charge is 2.23. The largest absolute Gasteiger partial charge is 0.388 e. The van der Waals surface area contributed by atoms with Crippen LogP contribution in [0.3, 0.4) is 0 Å². The first-order valence-corrected chi connectivity index (χ1v) is 7.52.